The number of allylic oxidation sites excluding steroid dienone is 1. The van der Waals surface area contributed by atoms with Crippen molar-refractivity contribution in [1.29, 1.82) is 0 Å². The highest BCUT2D eigenvalue weighted by Gasteiger charge is 2.10. The molecule has 2 aromatic rings. The van der Waals surface area contributed by atoms with E-state index in [4.69, 9.17) is 0 Å². The van der Waals surface area contributed by atoms with Crippen LogP contribution in [-0.2, 0) is 0 Å². The van der Waals surface area contributed by atoms with E-state index in [2.05, 4.69) is 13.0 Å². The van der Waals surface area contributed by atoms with Crippen molar-refractivity contribution in [2.75, 3.05) is 0 Å². The summed E-state index contributed by atoms with van der Waals surface area (Å²) in [7, 11) is 0. The molecule has 1 N–H and O–H groups in total. The second-order valence-corrected chi connectivity index (χ2v) is 5.77. The zero-order chi connectivity index (χ0) is 15.9. The maximum absolute atomic E-state index is 12.4. The largest absolute Gasteiger partial charge is 0.428 e. The van der Waals surface area contributed by atoms with Gasteiger partial charge >= 0.3 is 0 Å². The van der Waals surface area contributed by atoms with Gasteiger partial charge in [0.1, 0.15) is 0 Å². The van der Waals surface area contributed by atoms with Crippen LogP contribution in [0, 0.1) is 6.92 Å². The lowest BCUT2D eigenvalue weighted by molar-refractivity contribution is 0.195. The van der Waals surface area contributed by atoms with Crippen LogP contribution in [0.2, 0.25) is 0 Å². The molecule has 0 bridgehead atoms. The molecular weight excluding hydrogens is 274 g/mol. The summed E-state index contributed by atoms with van der Waals surface area (Å²) in [6.07, 6.45) is 11.1. The average molecular weight is 299 g/mol. The zero-order valence-corrected chi connectivity index (χ0v) is 13.5. The van der Waals surface area contributed by atoms with Gasteiger partial charge in [-0.2, -0.15) is 4.73 Å². The zero-order valence-electron chi connectivity index (χ0n) is 13.5. The Bertz CT molecular complexity index is 713. The minimum Gasteiger partial charge on any atom is -0.428 e. The Morgan fingerprint density at radius 1 is 1.14 bits per heavy atom. The lowest BCUT2D eigenvalue weighted by Gasteiger charge is -2.10. The van der Waals surface area contributed by atoms with Gasteiger partial charge < -0.3 is 5.21 Å². The summed E-state index contributed by atoms with van der Waals surface area (Å²) < 4.78 is 1.12. The third-order valence-electron chi connectivity index (χ3n) is 4.08. The van der Waals surface area contributed by atoms with Gasteiger partial charge in [0.25, 0.3) is 0 Å². The minimum absolute atomic E-state index is 0.0107. The molecule has 0 radical (unpaired) electrons. The van der Waals surface area contributed by atoms with Crippen LogP contribution in [0.1, 0.15) is 56.7 Å². The van der Waals surface area contributed by atoms with Gasteiger partial charge in [-0.1, -0.05) is 50.8 Å². The van der Waals surface area contributed by atoms with E-state index < -0.39 is 0 Å². The topological polar surface area (TPSA) is 42.2 Å². The van der Waals surface area contributed by atoms with Gasteiger partial charge in [0, 0.05) is 10.9 Å². The van der Waals surface area contributed by atoms with Crippen molar-refractivity contribution in [1.82, 2.24) is 4.73 Å². The molecule has 1 aromatic heterocycles. The first-order valence-electron chi connectivity index (χ1n) is 8.17. The summed E-state index contributed by atoms with van der Waals surface area (Å²) in [6.45, 7) is 3.98. The highest BCUT2D eigenvalue weighted by atomic mass is 16.5. The molecular formula is C19H25NO2. The van der Waals surface area contributed by atoms with Crippen molar-refractivity contribution in [3.63, 3.8) is 0 Å². The van der Waals surface area contributed by atoms with Crippen LogP contribution < -0.4 is 5.43 Å². The molecule has 0 saturated heterocycles. The molecule has 22 heavy (non-hydrogen) atoms. The molecule has 0 aliphatic carbocycles. The third-order valence-corrected chi connectivity index (χ3v) is 4.08. The second-order valence-electron chi connectivity index (χ2n) is 5.77. The van der Waals surface area contributed by atoms with E-state index >= 15 is 0 Å². The number of nitrogens with zero attached hydrogens (tertiary/aromatic N) is 1. The molecule has 3 nitrogen and oxygen atoms in total. The Balaban J connectivity index is 2.16. The maximum atomic E-state index is 12.4. The summed E-state index contributed by atoms with van der Waals surface area (Å²) in [5, 5.41) is 10.9. The van der Waals surface area contributed by atoms with E-state index in [9.17, 15) is 10.0 Å². The van der Waals surface area contributed by atoms with E-state index in [0.717, 1.165) is 17.6 Å². The number of hydrogen-bond acceptors (Lipinski definition) is 2. The Labute approximate surface area is 131 Å². The normalized spacial score (nSPS) is 11.5. The van der Waals surface area contributed by atoms with Crippen molar-refractivity contribution in [2.24, 2.45) is 0 Å². The van der Waals surface area contributed by atoms with E-state index in [1.165, 1.54) is 25.7 Å². The van der Waals surface area contributed by atoms with Gasteiger partial charge in [-0.05, 0) is 38.0 Å². The first-order chi connectivity index (χ1) is 10.7. The molecule has 1 heterocycles. The fraction of sp³-hybridized carbons (Fsp3) is 0.421. The fourth-order valence-corrected chi connectivity index (χ4v) is 2.71. The van der Waals surface area contributed by atoms with Gasteiger partial charge in [0.2, 0.25) is 0 Å². The number of para-hydroxylation sites is 1. The molecule has 0 spiro atoms. The van der Waals surface area contributed by atoms with E-state index in [1.54, 1.807) is 19.1 Å². The van der Waals surface area contributed by atoms with Gasteiger partial charge in [-0.3, -0.25) is 4.79 Å². The van der Waals surface area contributed by atoms with Crippen molar-refractivity contribution >= 4 is 17.0 Å². The van der Waals surface area contributed by atoms with Crippen LogP contribution in [0.15, 0.2) is 35.1 Å². The molecule has 0 aliphatic rings. The lowest BCUT2D eigenvalue weighted by Crippen LogP contribution is -2.15. The predicted molar refractivity (Wildman–Crippen MR) is 92.5 cm³/mol. The van der Waals surface area contributed by atoms with Crippen LogP contribution in [0.4, 0.5) is 0 Å². The van der Waals surface area contributed by atoms with Crippen LogP contribution in [0.25, 0.3) is 17.0 Å². The van der Waals surface area contributed by atoms with E-state index in [0.29, 0.717) is 22.2 Å². The van der Waals surface area contributed by atoms with Crippen LogP contribution in [0.3, 0.4) is 0 Å². The number of aromatic nitrogens is 1. The van der Waals surface area contributed by atoms with E-state index in [1.807, 2.05) is 18.2 Å². The van der Waals surface area contributed by atoms with Gasteiger partial charge in [-0.25, -0.2) is 0 Å². The summed E-state index contributed by atoms with van der Waals surface area (Å²) in [6, 6.07) is 7.15. The Morgan fingerprint density at radius 3 is 2.64 bits per heavy atom. The first kappa shape index (κ1) is 16.3. The number of rotatable bonds is 7. The maximum Gasteiger partial charge on any atom is 0.193 e. The van der Waals surface area contributed by atoms with Crippen molar-refractivity contribution < 1.29 is 5.21 Å². The molecule has 3 heteroatoms. The minimum atomic E-state index is -0.0107. The average Bonchev–Trinajstić information content (AvgIpc) is 2.54. The lowest BCUT2D eigenvalue weighted by atomic mass is 10.1. The summed E-state index contributed by atoms with van der Waals surface area (Å²) in [5.74, 6) is 0. The Morgan fingerprint density at radius 2 is 1.86 bits per heavy atom. The van der Waals surface area contributed by atoms with Crippen molar-refractivity contribution in [2.45, 2.75) is 52.4 Å². The van der Waals surface area contributed by atoms with Gasteiger partial charge in [0.15, 0.2) is 5.43 Å². The smallest absolute Gasteiger partial charge is 0.193 e. The van der Waals surface area contributed by atoms with Crippen molar-refractivity contribution in [3.05, 3.63) is 51.8 Å². The Kier molecular flexibility index (Phi) is 5.82. The quantitative estimate of drug-likeness (QED) is 0.582. The van der Waals surface area contributed by atoms with Crippen LogP contribution in [-0.4, -0.2) is 9.94 Å². The molecule has 0 aliphatic heterocycles. The monoisotopic (exact) mass is 299 g/mol. The van der Waals surface area contributed by atoms with Crippen LogP contribution >= 0.6 is 0 Å². The summed E-state index contributed by atoms with van der Waals surface area (Å²) in [4.78, 5) is 12.4. The number of pyridine rings is 1. The highest BCUT2D eigenvalue weighted by Crippen LogP contribution is 2.16. The van der Waals surface area contributed by atoms with Crippen molar-refractivity contribution in [3.8, 4) is 0 Å². The number of hydrogen-bond donors (Lipinski definition) is 1. The first-order valence-corrected chi connectivity index (χ1v) is 8.17. The van der Waals surface area contributed by atoms with Gasteiger partial charge in [0.05, 0.1) is 11.2 Å². The standard InChI is InChI=1S/C19H25NO2/c1-3-4-5-6-7-8-9-13-17-15(2)19(21)16-12-10-11-14-18(16)20(17)22/h9-14,22H,3-8H2,1-2H3/b13-9-. The Hall–Kier alpha value is -2.03. The summed E-state index contributed by atoms with van der Waals surface area (Å²) in [5.41, 5.74) is 1.71. The molecule has 0 fully saturated rings. The highest BCUT2D eigenvalue weighted by molar-refractivity contribution is 5.81. The molecule has 0 atom stereocenters. The summed E-state index contributed by atoms with van der Waals surface area (Å²) >= 11 is 0. The molecule has 0 unspecified atom stereocenters. The molecule has 0 saturated carbocycles. The number of fused-ring (bicyclic) bond motifs is 1. The molecule has 118 valence electrons. The van der Waals surface area contributed by atoms with Gasteiger partial charge in [-0.15, -0.1) is 0 Å². The van der Waals surface area contributed by atoms with Crippen LogP contribution in [0.5, 0.6) is 0 Å². The van der Waals surface area contributed by atoms with E-state index in [-0.39, 0.29) is 5.43 Å². The molecule has 1 aromatic carbocycles. The second kappa shape index (κ2) is 7.83. The SMILES string of the molecule is CCCCCCC/C=C\c1c(C)c(=O)c2ccccc2n1O. The number of unbranched alkanes of at least 4 members (excludes halogenated alkanes) is 5. The molecule has 0 amide bonds. The fourth-order valence-electron chi connectivity index (χ4n) is 2.71. The third kappa shape index (κ3) is 3.59. The molecule has 2 rings (SSSR count). The predicted octanol–water partition coefficient (Wildman–Crippen LogP) is 4.92. The number of benzene rings is 1.